The van der Waals surface area contributed by atoms with E-state index in [0.29, 0.717) is 18.2 Å². The van der Waals surface area contributed by atoms with Crippen molar-refractivity contribution in [2.75, 3.05) is 0 Å². The fraction of sp³-hybridized carbons (Fsp3) is 0.412. The van der Waals surface area contributed by atoms with Crippen molar-refractivity contribution in [2.24, 2.45) is 0 Å². The van der Waals surface area contributed by atoms with Crippen LogP contribution in [0.3, 0.4) is 0 Å². The molecule has 1 fully saturated rings. The lowest BCUT2D eigenvalue weighted by Crippen LogP contribution is -2.22. The van der Waals surface area contributed by atoms with Gasteiger partial charge in [0.2, 0.25) is 0 Å². The molecule has 1 aromatic carbocycles. The number of hydrogen-bond donors (Lipinski definition) is 3. The summed E-state index contributed by atoms with van der Waals surface area (Å²) in [4.78, 5) is 19.1. The van der Waals surface area contributed by atoms with E-state index >= 15 is 0 Å². The van der Waals surface area contributed by atoms with E-state index in [4.69, 9.17) is 0 Å². The average molecular weight is 297 g/mol. The van der Waals surface area contributed by atoms with Gasteiger partial charge in [-0.2, -0.15) is 0 Å². The molecule has 0 aliphatic heterocycles. The molecule has 2 aromatic rings. The van der Waals surface area contributed by atoms with Crippen molar-refractivity contribution in [1.82, 2.24) is 15.3 Å². The van der Waals surface area contributed by atoms with Crippen molar-refractivity contribution in [3.05, 3.63) is 57.3 Å². The molecule has 1 heterocycles. The first-order valence-corrected chi connectivity index (χ1v) is 7.85. The largest absolute Gasteiger partial charge is 0.508 e. The van der Waals surface area contributed by atoms with E-state index in [-0.39, 0.29) is 11.6 Å². The third kappa shape index (κ3) is 2.52. The summed E-state index contributed by atoms with van der Waals surface area (Å²) in [6.07, 6.45) is 4.09. The first-order chi connectivity index (χ1) is 10.7. The molecule has 4 rings (SSSR count). The molecule has 5 heteroatoms. The molecule has 1 aromatic heterocycles. The fourth-order valence-corrected chi connectivity index (χ4v) is 3.24. The SMILES string of the molecule is O=c1cc(CNC2CCc3c(O)cccc32)nc(C2CC2)[nH]1. The first-order valence-electron chi connectivity index (χ1n) is 7.85. The molecule has 1 unspecified atom stereocenters. The second kappa shape index (κ2) is 5.25. The van der Waals surface area contributed by atoms with Crippen molar-refractivity contribution in [1.29, 1.82) is 0 Å². The Morgan fingerprint density at radius 1 is 1.32 bits per heavy atom. The fourth-order valence-electron chi connectivity index (χ4n) is 3.24. The summed E-state index contributed by atoms with van der Waals surface area (Å²) in [5.41, 5.74) is 2.92. The number of phenols is 1. The predicted octanol–water partition coefficient (Wildman–Crippen LogP) is 2.13. The molecule has 0 saturated heterocycles. The quantitative estimate of drug-likeness (QED) is 0.808. The molecule has 0 amide bonds. The van der Waals surface area contributed by atoms with Crippen LogP contribution in [0.5, 0.6) is 5.75 Å². The zero-order valence-electron chi connectivity index (χ0n) is 12.3. The Morgan fingerprint density at radius 3 is 3.00 bits per heavy atom. The number of aromatic hydroxyl groups is 1. The van der Waals surface area contributed by atoms with Crippen molar-refractivity contribution in [3.8, 4) is 5.75 Å². The number of H-pyrrole nitrogens is 1. The van der Waals surface area contributed by atoms with Crippen molar-refractivity contribution >= 4 is 0 Å². The minimum absolute atomic E-state index is 0.0711. The topological polar surface area (TPSA) is 78.0 Å². The number of fused-ring (bicyclic) bond motifs is 1. The molecule has 0 bridgehead atoms. The zero-order valence-corrected chi connectivity index (χ0v) is 12.3. The number of rotatable bonds is 4. The Hall–Kier alpha value is -2.14. The van der Waals surface area contributed by atoms with Gasteiger partial charge in [-0.3, -0.25) is 4.79 Å². The predicted molar refractivity (Wildman–Crippen MR) is 82.8 cm³/mol. The lowest BCUT2D eigenvalue weighted by Gasteiger charge is -2.14. The number of hydrogen-bond acceptors (Lipinski definition) is 4. The maximum Gasteiger partial charge on any atom is 0.251 e. The monoisotopic (exact) mass is 297 g/mol. The van der Waals surface area contributed by atoms with Gasteiger partial charge in [0.15, 0.2) is 0 Å². The molecule has 0 spiro atoms. The molecule has 22 heavy (non-hydrogen) atoms. The van der Waals surface area contributed by atoms with Gasteiger partial charge in [-0.05, 0) is 42.9 Å². The molecular formula is C17H19N3O2. The van der Waals surface area contributed by atoms with Gasteiger partial charge in [0.05, 0.1) is 5.69 Å². The molecule has 0 radical (unpaired) electrons. The summed E-state index contributed by atoms with van der Waals surface area (Å²) >= 11 is 0. The number of benzene rings is 1. The molecule has 1 saturated carbocycles. The average Bonchev–Trinajstić information content (AvgIpc) is 3.26. The van der Waals surface area contributed by atoms with Crippen LogP contribution in [0.2, 0.25) is 0 Å². The summed E-state index contributed by atoms with van der Waals surface area (Å²) in [5, 5.41) is 13.4. The summed E-state index contributed by atoms with van der Waals surface area (Å²) in [6, 6.07) is 7.46. The van der Waals surface area contributed by atoms with Gasteiger partial charge in [-0.15, -0.1) is 0 Å². The minimum Gasteiger partial charge on any atom is -0.508 e. The van der Waals surface area contributed by atoms with Crippen LogP contribution in [0.25, 0.3) is 0 Å². The Balaban J connectivity index is 1.50. The molecule has 2 aliphatic rings. The molecule has 3 N–H and O–H groups in total. The maximum atomic E-state index is 11.7. The molecule has 2 aliphatic carbocycles. The van der Waals surface area contributed by atoms with Crippen LogP contribution >= 0.6 is 0 Å². The summed E-state index contributed by atoms with van der Waals surface area (Å²) in [6.45, 7) is 0.573. The smallest absolute Gasteiger partial charge is 0.251 e. The lowest BCUT2D eigenvalue weighted by molar-refractivity contribution is 0.469. The van der Waals surface area contributed by atoms with Crippen LogP contribution in [0.1, 0.15) is 53.9 Å². The summed E-state index contributed by atoms with van der Waals surface area (Å²) < 4.78 is 0. The van der Waals surface area contributed by atoms with Crippen LogP contribution in [0, 0.1) is 0 Å². The van der Waals surface area contributed by atoms with Crippen molar-refractivity contribution in [2.45, 2.75) is 44.2 Å². The van der Waals surface area contributed by atoms with Gasteiger partial charge in [0.25, 0.3) is 5.56 Å². The van der Waals surface area contributed by atoms with Gasteiger partial charge in [-0.25, -0.2) is 4.98 Å². The zero-order chi connectivity index (χ0) is 15.1. The molecule has 5 nitrogen and oxygen atoms in total. The van der Waals surface area contributed by atoms with Gasteiger partial charge in [0.1, 0.15) is 11.6 Å². The van der Waals surface area contributed by atoms with Gasteiger partial charge in [0, 0.05) is 24.6 Å². The van der Waals surface area contributed by atoms with Crippen LogP contribution in [0.4, 0.5) is 0 Å². The van der Waals surface area contributed by atoms with E-state index in [1.807, 2.05) is 6.07 Å². The van der Waals surface area contributed by atoms with Crippen molar-refractivity contribution < 1.29 is 5.11 Å². The number of nitrogens with one attached hydrogen (secondary N) is 2. The molecular weight excluding hydrogens is 278 g/mol. The Labute approximate surface area is 128 Å². The highest BCUT2D eigenvalue weighted by Gasteiger charge is 2.27. The normalized spacial score (nSPS) is 20.1. The standard InChI is InChI=1S/C17H19N3O2/c21-15-3-1-2-12-13(15)6-7-14(12)18-9-11-8-16(22)20-17(19-11)10-4-5-10/h1-3,8,10,14,18,21H,4-7,9H2,(H,19,20,22). The van der Waals surface area contributed by atoms with Crippen molar-refractivity contribution in [3.63, 3.8) is 0 Å². The van der Waals surface area contributed by atoms with E-state index in [9.17, 15) is 9.90 Å². The Kier molecular flexibility index (Phi) is 3.22. The molecule has 114 valence electrons. The van der Waals surface area contributed by atoms with Crippen LogP contribution < -0.4 is 10.9 Å². The van der Waals surface area contributed by atoms with Crippen LogP contribution in [-0.4, -0.2) is 15.1 Å². The third-order valence-corrected chi connectivity index (χ3v) is 4.55. The number of nitrogens with zero attached hydrogens (tertiary/aromatic N) is 1. The third-order valence-electron chi connectivity index (χ3n) is 4.55. The second-order valence-electron chi connectivity index (χ2n) is 6.21. The van der Waals surface area contributed by atoms with Crippen LogP contribution in [0.15, 0.2) is 29.1 Å². The lowest BCUT2D eigenvalue weighted by atomic mass is 10.1. The van der Waals surface area contributed by atoms with E-state index in [2.05, 4.69) is 21.4 Å². The Morgan fingerprint density at radius 2 is 2.18 bits per heavy atom. The number of aromatic amines is 1. The van der Waals surface area contributed by atoms with E-state index in [1.54, 1.807) is 12.1 Å². The van der Waals surface area contributed by atoms with E-state index < -0.39 is 0 Å². The first kappa shape index (κ1) is 13.5. The van der Waals surface area contributed by atoms with E-state index in [1.165, 1.54) is 0 Å². The summed E-state index contributed by atoms with van der Waals surface area (Å²) in [5.74, 6) is 1.65. The highest BCUT2D eigenvalue weighted by Crippen LogP contribution is 2.38. The van der Waals surface area contributed by atoms with Gasteiger partial charge >= 0.3 is 0 Å². The number of phenolic OH excluding ortho intramolecular Hbond substituents is 1. The van der Waals surface area contributed by atoms with Crippen LogP contribution in [-0.2, 0) is 13.0 Å². The minimum atomic E-state index is -0.0711. The highest BCUT2D eigenvalue weighted by molar-refractivity contribution is 5.44. The molecule has 1 atom stereocenters. The van der Waals surface area contributed by atoms with Gasteiger partial charge < -0.3 is 15.4 Å². The Bertz CT molecular complexity index is 765. The number of aromatic nitrogens is 2. The van der Waals surface area contributed by atoms with Gasteiger partial charge in [-0.1, -0.05) is 12.1 Å². The highest BCUT2D eigenvalue weighted by atomic mass is 16.3. The van der Waals surface area contributed by atoms with E-state index in [0.717, 1.165) is 48.3 Å². The second-order valence-corrected chi connectivity index (χ2v) is 6.21. The summed E-state index contributed by atoms with van der Waals surface area (Å²) in [7, 11) is 0. The maximum absolute atomic E-state index is 11.7.